The molecule has 2 aliphatic heterocycles. The monoisotopic (exact) mass is 454 g/mol. The second-order valence-corrected chi connectivity index (χ2v) is 8.49. The highest BCUT2D eigenvalue weighted by atomic mass is 16.7. The third-order valence-electron chi connectivity index (χ3n) is 6.68. The Morgan fingerprint density at radius 2 is 1.76 bits per heavy atom. The molecule has 3 aromatic carbocycles. The largest absolute Gasteiger partial charge is 0.493 e. The third kappa shape index (κ3) is 3.17. The molecule has 0 fully saturated rings. The van der Waals surface area contributed by atoms with Crippen LogP contribution in [0.25, 0.3) is 22.0 Å². The minimum Gasteiger partial charge on any atom is -0.493 e. The number of methoxy groups -OCH3 is 2. The van der Waals surface area contributed by atoms with Crippen molar-refractivity contribution in [2.24, 2.45) is 0 Å². The lowest BCUT2D eigenvalue weighted by Gasteiger charge is -2.21. The second kappa shape index (κ2) is 8.06. The molecule has 2 aliphatic rings. The van der Waals surface area contributed by atoms with Gasteiger partial charge < -0.3 is 18.9 Å². The number of benzene rings is 3. The molecule has 0 aliphatic carbocycles. The van der Waals surface area contributed by atoms with Gasteiger partial charge in [-0.3, -0.25) is 4.79 Å². The standard InChI is InChI=1S/C28H24NO5/c1-31-24-9-8-19-21(13-23(30)17-6-4-3-5-7-17)27-20-14-26-25(33-16-34-26)12-18(20)10-11-29(27)15-22(19)28(24)32-2/h3-9,12,14-15H,10-11,13,16H2,1-2H3/q+1. The number of ketones is 1. The summed E-state index contributed by atoms with van der Waals surface area (Å²) in [6, 6.07) is 17.5. The third-order valence-corrected chi connectivity index (χ3v) is 6.68. The van der Waals surface area contributed by atoms with Gasteiger partial charge in [0.2, 0.25) is 12.5 Å². The van der Waals surface area contributed by atoms with Crippen LogP contribution < -0.4 is 23.5 Å². The molecule has 3 heterocycles. The van der Waals surface area contributed by atoms with Crippen LogP contribution in [-0.2, 0) is 19.4 Å². The Hall–Kier alpha value is -4.06. The fraction of sp³-hybridized carbons (Fsp3) is 0.214. The number of hydrogen-bond donors (Lipinski definition) is 0. The average molecular weight is 455 g/mol. The first-order valence-electron chi connectivity index (χ1n) is 11.3. The number of ether oxygens (including phenoxy) is 4. The number of pyridine rings is 1. The molecule has 34 heavy (non-hydrogen) atoms. The molecular weight excluding hydrogens is 430 g/mol. The highest BCUT2D eigenvalue weighted by Crippen LogP contribution is 2.43. The Morgan fingerprint density at radius 3 is 2.53 bits per heavy atom. The summed E-state index contributed by atoms with van der Waals surface area (Å²) in [5.74, 6) is 2.91. The van der Waals surface area contributed by atoms with Crippen molar-refractivity contribution in [3.63, 3.8) is 0 Å². The summed E-state index contributed by atoms with van der Waals surface area (Å²) in [5.41, 5.74) is 4.96. The van der Waals surface area contributed by atoms with Crippen molar-refractivity contribution in [3.8, 4) is 34.3 Å². The summed E-state index contributed by atoms with van der Waals surface area (Å²) in [7, 11) is 3.28. The first kappa shape index (κ1) is 20.5. The van der Waals surface area contributed by atoms with Crippen molar-refractivity contribution in [1.29, 1.82) is 0 Å². The van der Waals surface area contributed by atoms with Gasteiger partial charge in [0.15, 0.2) is 41.5 Å². The van der Waals surface area contributed by atoms with E-state index in [0.29, 0.717) is 17.1 Å². The van der Waals surface area contributed by atoms with Crippen LogP contribution in [0.5, 0.6) is 23.0 Å². The zero-order valence-electron chi connectivity index (χ0n) is 19.1. The molecule has 0 N–H and O–H groups in total. The van der Waals surface area contributed by atoms with Crippen LogP contribution in [0.2, 0.25) is 0 Å². The Balaban J connectivity index is 1.62. The van der Waals surface area contributed by atoms with Gasteiger partial charge in [-0.15, -0.1) is 0 Å². The first-order valence-corrected chi connectivity index (χ1v) is 11.3. The highest BCUT2D eigenvalue weighted by molar-refractivity contribution is 6.03. The van der Waals surface area contributed by atoms with Crippen LogP contribution in [0.3, 0.4) is 0 Å². The fourth-order valence-corrected chi connectivity index (χ4v) is 5.07. The number of fused-ring (bicyclic) bond motifs is 5. The lowest BCUT2D eigenvalue weighted by Crippen LogP contribution is -2.41. The van der Waals surface area contributed by atoms with E-state index in [1.807, 2.05) is 48.5 Å². The molecule has 0 saturated carbocycles. The summed E-state index contributed by atoms with van der Waals surface area (Å²) in [6.45, 7) is 1.01. The molecule has 6 rings (SSSR count). The summed E-state index contributed by atoms with van der Waals surface area (Å²) in [4.78, 5) is 13.4. The molecule has 4 aromatic rings. The minimum atomic E-state index is 0.0681. The molecule has 170 valence electrons. The number of nitrogens with zero attached hydrogens (tertiary/aromatic N) is 1. The highest BCUT2D eigenvalue weighted by Gasteiger charge is 2.33. The van der Waals surface area contributed by atoms with Crippen LogP contribution in [0.15, 0.2) is 60.8 Å². The fourth-order valence-electron chi connectivity index (χ4n) is 5.07. The number of carbonyl (C=O) groups excluding carboxylic acids is 1. The number of aryl methyl sites for hydroxylation is 2. The molecule has 6 nitrogen and oxygen atoms in total. The second-order valence-electron chi connectivity index (χ2n) is 8.49. The topological polar surface area (TPSA) is 57.9 Å². The van der Waals surface area contributed by atoms with Gasteiger partial charge in [0.1, 0.15) is 0 Å². The number of aromatic nitrogens is 1. The van der Waals surface area contributed by atoms with Crippen molar-refractivity contribution in [3.05, 3.63) is 77.5 Å². The molecule has 0 bridgehead atoms. The van der Waals surface area contributed by atoms with Gasteiger partial charge in [-0.2, -0.15) is 4.57 Å². The van der Waals surface area contributed by atoms with Crippen LogP contribution in [0.4, 0.5) is 0 Å². The van der Waals surface area contributed by atoms with Crippen molar-refractivity contribution in [2.75, 3.05) is 21.0 Å². The van der Waals surface area contributed by atoms with E-state index in [4.69, 9.17) is 18.9 Å². The van der Waals surface area contributed by atoms with Crippen molar-refractivity contribution in [1.82, 2.24) is 0 Å². The molecule has 0 atom stereocenters. The Kier molecular flexibility index (Phi) is 4.87. The molecule has 0 radical (unpaired) electrons. The number of carbonyl (C=O) groups is 1. The van der Waals surface area contributed by atoms with Crippen LogP contribution >= 0.6 is 0 Å². The predicted molar refractivity (Wildman–Crippen MR) is 127 cm³/mol. The zero-order chi connectivity index (χ0) is 23.2. The SMILES string of the molecule is COc1ccc2c(CC(=O)c3ccccc3)c3[n+](cc2c1OC)CCc1cc2c(cc1-3)OCO2. The first-order chi connectivity index (χ1) is 16.7. The Morgan fingerprint density at radius 1 is 0.971 bits per heavy atom. The lowest BCUT2D eigenvalue weighted by molar-refractivity contribution is -0.686. The molecule has 0 unspecified atom stereocenters. The summed E-state index contributed by atoms with van der Waals surface area (Å²) < 4.78 is 24.8. The van der Waals surface area contributed by atoms with Gasteiger partial charge >= 0.3 is 0 Å². The molecule has 6 heteroatoms. The van der Waals surface area contributed by atoms with Crippen molar-refractivity contribution >= 4 is 16.6 Å². The van der Waals surface area contributed by atoms with Crippen LogP contribution in [-0.4, -0.2) is 26.8 Å². The number of hydrogen-bond acceptors (Lipinski definition) is 5. The van der Waals surface area contributed by atoms with Crippen LogP contribution in [0.1, 0.15) is 21.5 Å². The van der Waals surface area contributed by atoms with E-state index in [2.05, 4.69) is 16.8 Å². The van der Waals surface area contributed by atoms with E-state index < -0.39 is 0 Å². The Bertz CT molecular complexity index is 1450. The maximum atomic E-state index is 13.4. The average Bonchev–Trinajstić information content (AvgIpc) is 3.34. The van der Waals surface area contributed by atoms with E-state index >= 15 is 0 Å². The van der Waals surface area contributed by atoms with E-state index in [1.165, 1.54) is 5.56 Å². The molecular formula is C28H24NO5+. The number of Topliss-reactive ketones (excluding diaryl/α,β-unsaturated/α-hetero) is 1. The van der Waals surface area contributed by atoms with Crippen molar-refractivity contribution < 1.29 is 28.3 Å². The van der Waals surface area contributed by atoms with E-state index in [0.717, 1.165) is 52.1 Å². The predicted octanol–water partition coefficient (Wildman–Crippen LogP) is 4.52. The zero-order valence-corrected chi connectivity index (χ0v) is 19.1. The van der Waals surface area contributed by atoms with Gasteiger partial charge in [0.25, 0.3) is 0 Å². The van der Waals surface area contributed by atoms with Gasteiger partial charge in [-0.25, -0.2) is 0 Å². The molecule has 0 saturated heterocycles. The van der Waals surface area contributed by atoms with Gasteiger partial charge in [0.05, 0.1) is 25.2 Å². The smallest absolute Gasteiger partial charge is 0.231 e. The summed E-state index contributed by atoms with van der Waals surface area (Å²) >= 11 is 0. The maximum Gasteiger partial charge on any atom is 0.231 e. The lowest BCUT2D eigenvalue weighted by atomic mass is 9.88. The molecule has 0 amide bonds. The number of rotatable bonds is 5. The van der Waals surface area contributed by atoms with Gasteiger partial charge in [0, 0.05) is 29.4 Å². The van der Waals surface area contributed by atoms with E-state index in [-0.39, 0.29) is 19.0 Å². The van der Waals surface area contributed by atoms with E-state index in [9.17, 15) is 4.79 Å². The van der Waals surface area contributed by atoms with E-state index in [1.54, 1.807) is 14.2 Å². The summed E-state index contributed by atoms with van der Waals surface area (Å²) in [6.07, 6.45) is 3.23. The van der Waals surface area contributed by atoms with Crippen LogP contribution in [0, 0.1) is 0 Å². The van der Waals surface area contributed by atoms with Gasteiger partial charge in [-0.1, -0.05) is 30.3 Å². The van der Waals surface area contributed by atoms with Crippen molar-refractivity contribution in [2.45, 2.75) is 19.4 Å². The quantitative estimate of drug-likeness (QED) is 0.328. The Labute approximate surface area is 197 Å². The maximum absolute atomic E-state index is 13.4. The van der Waals surface area contributed by atoms with Gasteiger partial charge in [-0.05, 0) is 29.8 Å². The molecule has 1 aromatic heterocycles. The normalized spacial score (nSPS) is 13.4. The minimum absolute atomic E-state index is 0.0681. The summed E-state index contributed by atoms with van der Waals surface area (Å²) in [5, 5.41) is 1.89. The molecule has 0 spiro atoms.